The summed E-state index contributed by atoms with van der Waals surface area (Å²) in [4.78, 5) is 36.9. The Bertz CT molecular complexity index is 1260. The molecule has 0 amide bonds. The van der Waals surface area contributed by atoms with Crippen LogP contribution in [0.2, 0.25) is 0 Å². The number of carbonyl (C=O) groups is 2. The molecule has 3 aromatic rings. The van der Waals surface area contributed by atoms with E-state index in [2.05, 4.69) is 4.74 Å². The number of esters is 2. The first kappa shape index (κ1) is 21.6. The van der Waals surface area contributed by atoms with E-state index in [-0.39, 0.29) is 12.1 Å². The number of fused-ring (bicyclic) bond motifs is 1. The van der Waals surface area contributed by atoms with Crippen molar-refractivity contribution in [2.45, 2.75) is 13.3 Å². The van der Waals surface area contributed by atoms with Crippen molar-refractivity contribution in [1.29, 1.82) is 5.26 Å². The molecule has 1 heterocycles. The molecule has 1 aromatic heterocycles. The molecule has 0 N–H and O–H groups in total. The number of benzene rings is 2. The zero-order valence-electron chi connectivity index (χ0n) is 16.4. The van der Waals surface area contributed by atoms with Crippen molar-refractivity contribution in [3.8, 4) is 11.8 Å². The maximum atomic E-state index is 15.4. The largest absolute Gasteiger partial charge is 0.462 e. The number of ether oxygens (including phenoxy) is 2. The molecular formula is C22H16F2N2O5. The molecule has 0 unspecified atom stereocenters. The average Bonchev–Trinajstić information content (AvgIpc) is 2.76. The molecule has 0 saturated heterocycles. The van der Waals surface area contributed by atoms with E-state index >= 15 is 4.39 Å². The molecule has 0 bridgehead atoms. The molecule has 0 spiro atoms. The van der Waals surface area contributed by atoms with Gasteiger partial charge in [0.05, 0.1) is 23.9 Å². The lowest BCUT2D eigenvalue weighted by Gasteiger charge is -2.16. The monoisotopic (exact) mass is 426 g/mol. The molecule has 9 heteroatoms. The lowest BCUT2D eigenvalue weighted by Crippen LogP contribution is -2.22. The number of nitriles is 1. The number of hydrogen-bond acceptors (Lipinski definition) is 6. The fraction of sp³-hybridized carbons (Fsp3) is 0.182. The number of pyridine rings is 1. The summed E-state index contributed by atoms with van der Waals surface area (Å²) >= 11 is 0. The standard InChI is InChI=1S/C22H16F2N2O5/c1-2-30-22(29)16-12-26(13-6-4-3-5-7-13)20-15(21(16)28)10-17(23)14(19(20)24)11-18(27)31-9-8-25/h3-7,10,12H,2,9,11H2,1H3. The number of carbonyl (C=O) groups excluding carboxylic acids is 2. The van der Waals surface area contributed by atoms with E-state index in [1.807, 2.05) is 0 Å². The van der Waals surface area contributed by atoms with Crippen molar-refractivity contribution in [2.24, 2.45) is 0 Å². The number of nitrogens with zero attached hydrogens (tertiary/aromatic N) is 2. The first-order chi connectivity index (χ1) is 14.9. The minimum Gasteiger partial charge on any atom is -0.462 e. The number of aromatic nitrogens is 1. The molecule has 7 nitrogen and oxygen atoms in total. The molecule has 31 heavy (non-hydrogen) atoms. The van der Waals surface area contributed by atoms with Crippen molar-refractivity contribution in [3.63, 3.8) is 0 Å². The Morgan fingerprint density at radius 3 is 2.52 bits per heavy atom. The third-order valence-corrected chi connectivity index (χ3v) is 4.42. The van der Waals surface area contributed by atoms with E-state index in [9.17, 15) is 18.8 Å². The molecule has 0 saturated carbocycles. The van der Waals surface area contributed by atoms with E-state index in [4.69, 9.17) is 10.00 Å². The number of rotatable bonds is 6. The number of para-hydroxylation sites is 1. The number of halogens is 2. The predicted octanol–water partition coefficient (Wildman–Crippen LogP) is 3.05. The van der Waals surface area contributed by atoms with E-state index < -0.39 is 58.5 Å². The van der Waals surface area contributed by atoms with Crippen LogP contribution in [-0.4, -0.2) is 29.7 Å². The predicted molar refractivity (Wildman–Crippen MR) is 106 cm³/mol. The second-order valence-electron chi connectivity index (χ2n) is 6.34. The van der Waals surface area contributed by atoms with Crippen LogP contribution >= 0.6 is 0 Å². The van der Waals surface area contributed by atoms with Gasteiger partial charge in [-0.15, -0.1) is 0 Å². The fourth-order valence-corrected chi connectivity index (χ4v) is 3.07. The van der Waals surface area contributed by atoms with Crippen LogP contribution in [0, 0.1) is 23.0 Å². The van der Waals surface area contributed by atoms with Gasteiger partial charge in [-0.1, -0.05) is 18.2 Å². The topological polar surface area (TPSA) is 98.4 Å². The van der Waals surface area contributed by atoms with Crippen LogP contribution in [0.15, 0.2) is 47.4 Å². The van der Waals surface area contributed by atoms with E-state index in [1.54, 1.807) is 43.3 Å². The van der Waals surface area contributed by atoms with Crippen molar-refractivity contribution in [3.05, 3.63) is 75.6 Å². The van der Waals surface area contributed by atoms with Gasteiger partial charge >= 0.3 is 11.9 Å². The van der Waals surface area contributed by atoms with Crippen molar-refractivity contribution in [1.82, 2.24) is 4.57 Å². The maximum absolute atomic E-state index is 15.4. The van der Waals surface area contributed by atoms with E-state index in [0.717, 1.165) is 12.3 Å². The zero-order chi connectivity index (χ0) is 22.5. The molecule has 0 aliphatic rings. The Labute approximate surface area is 175 Å². The van der Waals surface area contributed by atoms with Gasteiger partial charge in [-0.2, -0.15) is 5.26 Å². The van der Waals surface area contributed by atoms with Crippen LogP contribution in [0.1, 0.15) is 22.8 Å². The molecule has 0 aliphatic carbocycles. The third kappa shape index (κ3) is 4.28. The Hall–Kier alpha value is -4.06. The third-order valence-electron chi connectivity index (χ3n) is 4.42. The Kier molecular flexibility index (Phi) is 6.40. The maximum Gasteiger partial charge on any atom is 0.343 e. The number of hydrogen-bond donors (Lipinski definition) is 0. The first-order valence-corrected chi connectivity index (χ1v) is 9.20. The summed E-state index contributed by atoms with van der Waals surface area (Å²) in [6, 6.07) is 10.6. The lowest BCUT2D eigenvalue weighted by molar-refractivity contribution is -0.141. The van der Waals surface area contributed by atoms with E-state index in [1.165, 1.54) is 4.57 Å². The summed E-state index contributed by atoms with van der Waals surface area (Å²) in [5.41, 5.74) is -1.84. The van der Waals surface area contributed by atoms with Crippen LogP contribution < -0.4 is 5.43 Å². The molecule has 2 aromatic carbocycles. The molecular weight excluding hydrogens is 410 g/mol. The van der Waals surface area contributed by atoms with Crippen LogP contribution in [0.4, 0.5) is 8.78 Å². The van der Waals surface area contributed by atoms with Gasteiger partial charge in [0.15, 0.2) is 12.4 Å². The Morgan fingerprint density at radius 1 is 1.16 bits per heavy atom. The van der Waals surface area contributed by atoms with Crippen LogP contribution in [0.5, 0.6) is 0 Å². The molecule has 158 valence electrons. The molecule has 0 radical (unpaired) electrons. The van der Waals surface area contributed by atoms with Gasteiger partial charge in [-0.25, -0.2) is 13.6 Å². The highest BCUT2D eigenvalue weighted by Crippen LogP contribution is 2.26. The van der Waals surface area contributed by atoms with Gasteiger partial charge < -0.3 is 14.0 Å². The van der Waals surface area contributed by atoms with Crippen molar-refractivity contribution in [2.75, 3.05) is 13.2 Å². The smallest absolute Gasteiger partial charge is 0.343 e. The average molecular weight is 426 g/mol. The quantitative estimate of drug-likeness (QED) is 0.562. The Morgan fingerprint density at radius 2 is 1.87 bits per heavy atom. The Balaban J connectivity index is 2.32. The first-order valence-electron chi connectivity index (χ1n) is 9.20. The highest BCUT2D eigenvalue weighted by Gasteiger charge is 2.24. The summed E-state index contributed by atoms with van der Waals surface area (Å²) in [7, 11) is 0. The second-order valence-corrected chi connectivity index (χ2v) is 6.34. The van der Waals surface area contributed by atoms with E-state index in [0.29, 0.717) is 5.69 Å². The highest BCUT2D eigenvalue weighted by atomic mass is 19.1. The molecule has 0 aliphatic heterocycles. The second kappa shape index (κ2) is 9.17. The minimum atomic E-state index is -1.16. The van der Waals surface area contributed by atoms with Crippen LogP contribution in [0.3, 0.4) is 0 Å². The van der Waals surface area contributed by atoms with Gasteiger partial charge in [-0.05, 0) is 25.1 Å². The normalized spacial score (nSPS) is 10.5. The summed E-state index contributed by atoms with van der Waals surface area (Å²) in [5.74, 6) is -4.24. The molecule has 0 atom stereocenters. The van der Waals surface area contributed by atoms with Gasteiger partial charge in [0, 0.05) is 17.4 Å². The summed E-state index contributed by atoms with van der Waals surface area (Å²) in [6.45, 7) is 1.01. The SMILES string of the molecule is CCOC(=O)c1cn(-c2ccccc2)c2c(F)c(CC(=O)OCC#N)c(F)cc2c1=O. The van der Waals surface area contributed by atoms with Gasteiger partial charge in [0.25, 0.3) is 0 Å². The summed E-state index contributed by atoms with van der Waals surface area (Å²) in [5, 5.41) is 8.09. The molecule has 3 rings (SSSR count). The van der Waals surface area contributed by atoms with Gasteiger partial charge in [0.1, 0.15) is 17.4 Å². The summed E-state index contributed by atoms with van der Waals surface area (Å²) in [6.07, 6.45) is 0.342. The van der Waals surface area contributed by atoms with Crippen molar-refractivity contribution < 1.29 is 27.8 Å². The van der Waals surface area contributed by atoms with Crippen LogP contribution in [0.25, 0.3) is 16.6 Å². The summed E-state index contributed by atoms with van der Waals surface area (Å²) < 4.78 is 40.8. The highest BCUT2D eigenvalue weighted by molar-refractivity contribution is 5.95. The fourth-order valence-electron chi connectivity index (χ4n) is 3.07. The van der Waals surface area contributed by atoms with Gasteiger partial charge in [0.2, 0.25) is 5.43 Å². The molecule has 0 fully saturated rings. The van der Waals surface area contributed by atoms with Gasteiger partial charge in [-0.3, -0.25) is 9.59 Å². The zero-order valence-corrected chi connectivity index (χ0v) is 16.4. The van der Waals surface area contributed by atoms with Crippen molar-refractivity contribution >= 4 is 22.8 Å². The van der Waals surface area contributed by atoms with Crippen LogP contribution in [-0.2, 0) is 20.7 Å². The minimum absolute atomic E-state index is 0.00805. The lowest BCUT2D eigenvalue weighted by atomic mass is 10.0.